The number of hydrogen-bond acceptors (Lipinski definition) is 8. The standard InChI is InChI=1S/C14H20O8P2/c1-7-9-19-13(15)11(21-23(3,4)17)12(22-24(5,6)18)14(16)20-10-8-2/h1-2,11-12H,9-10H2,3-6H3. The zero-order valence-electron chi connectivity index (χ0n) is 13.9. The summed E-state index contributed by atoms with van der Waals surface area (Å²) in [6.07, 6.45) is 6.43. The first-order chi connectivity index (χ1) is 10.9. The lowest BCUT2D eigenvalue weighted by molar-refractivity contribution is -0.167. The van der Waals surface area contributed by atoms with E-state index in [1.54, 1.807) is 0 Å². The molecule has 0 aliphatic heterocycles. The highest BCUT2D eigenvalue weighted by molar-refractivity contribution is 7.57. The zero-order chi connectivity index (χ0) is 19.0. The third-order valence-corrected chi connectivity index (χ3v) is 3.54. The van der Waals surface area contributed by atoms with Gasteiger partial charge >= 0.3 is 11.9 Å². The van der Waals surface area contributed by atoms with E-state index in [4.69, 9.17) is 31.4 Å². The Hall–Kier alpha value is -1.56. The Morgan fingerprint density at radius 3 is 1.33 bits per heavy atom. The molecule has 0 aromatic rings. The van der Waals surface area contributed by atoms with E-state index in [9.17, 15) is 18.7 Å². The highest BCUT2D eigenvalue weighted by atomic mass is 31.2. The number of esters is 2. The van der Waals surface area contributed by atoms with Gasteiger partial charge in [-0.05, 0) is 0 Å². The molecular formula is C14H20O8P2. The van der Waals surface area contributed by atoms with Crippen LogP contribution in [0.5, 0.6) is 0 Å². The molecule has 0 aliphatic rings. The van der Waals surface area contributed by atoms with Gasteiger partial charge in [-0.25, -0.2) is 9.59 Å². The highest BCUT2D eigenvalue weighted by Crippen LogP contribution is 2.44. The van der Waals surface area contributed by atoms with Crippen LogP contribution in [0.3, 0.4) is 0 Å². The molecule has 0 spiro atoms. The number of carbonyl (C=O) groups excluding carboxylic acids is 2. The molecule has 24 heavy (non-hydrogen) atoms. The molecule has 0 aliphatic carbocycles. The molecule has 0 radical (unpaired) electrons. The van der Waals surface area contributed by atoms with Crippen LogP contribution in [0.2, 0.25) is 0 Å². The summed E-state index contributed by atoms with van der Waals surface area (Å²) >= 11 is 0. The highest BCUT2D eigenvalue weighted by Gasteiger charge is 2.43. The Labute approximate surface area is 141 Å². The topological polar surface area (TPSA) is 105 Å². The second-order valence-corrected chi connectivity index (χ2v) is 10.6. The molecule has 2 atom stereocenters. The van der Waals surface area contributed by atoms with E-state index in [0.717, 1.165) is 0 Å². The predicted molar refractivity (Wildman–Crippen MR) is 88.2 cm³/mol. The zero-order valence-corrected chi connectivity index (χ0v) is 15.7. The molecule has 0 amide bonds. The third kappa shape index (κ3) is 9.55. The van der Waals surface area contributed by atoms with E-state index in [1.807, 2.05) is 0 Å². The Morgan fingerprint density at radius 2 is 1.12 bits per heavy atom. The van der Waals surface area contributed by atoms with Crippen LogP contribution in [0.25, 0.3) is 0 Å². The Kier molecular flexibility index (Phi) is 9.04. The van der Waals surface area contributed by atoms with E-state index >= 15 is 0 Å². The largest absolute Gasteiger partial charge is 0.450 e. The van der Waals surface area contributed by atoms with Gasteiger partial charge in [0.05, 0.1) is 0 Å². The van der Waals surface area contributed by atoms with Crippen molar-refractivity contribution in [2.24, 2.45) is 0 Å². The lowest BCUT2D eigenvalue weighted by Crippen LogP contribution is -2.44. The average molecular weight is 378 g/mol. The average Bonchev–Trinajstić information content (AvgIpc) is 2.43. The van der Waals surface area contributed by atoms with Crippen molar-refractivity contribution >= 4 is 26.7 Å². The first-order valence-corrected chi connectivity index (χ1v) is 11.6. The van der Waals surface area contributed by atoms with Crippen LogP contribution in [0.4, 0.5) is 0 Å². The number of hydrogen-bond donors (Lipinski definition) is 0. The van der Waals surface area contributed by atoms with E-state index in [0.29, 0.717) is 0 Å². The van der Waals surface area contributed by atoms with Crippen molar-refractivity contribution in [3.63, 3.8) is 0 Å². The van der Waals surface area contributed by atoms with Crippen molar-refractivity contribution < 1.29 is 37.2 Å². The molecule has 8 nitrogen and oxygen atoms in total. The van der Waals surface area contributed by atoms with Gasteiger partial charge in [0, 0.05) is 26.7 Å². The number of carbonyl (C=O) groups is 2. The third-order valence-electron chi connectivity index (χ3n) is 2.07. The smallest absolute Gasteiger partial charge is 0.340 e. The number of ether oxygens (including phenoxy) is 2. The van der Waals surface area contributed by atoms with Crippen LogP contribution in [-0.4, -0.2) is 64.0 Å². The van der Waals surface area contributed by atoms with Gasteiger partial charge in [-0.15, -0.1) is 12.8 Å². The van der Waals surface area contributed by atoms with Gasteiger partial charge in [0.2, 0.25) is 0 Å². The predicted octanol–water partition coefficient (Wildman–Crippen LogP) is 1.18. The summed E-state index contributed by atoms with van der Waals surface area (Å²) in [5, 5.41) is 0. The van der Waals surface area contributed by atoms with Crippen molar-refractivity contribution in [1.82, 2.24) is 0 Å². The van der Waals surface area contributed by atoms with E-state index in [1.165, 1.54) is 26.7 Å². The van der Waals surface area contributed by atoms with Crippen LogP contribution >= 0.6 is 14.7 Å². The molecule has 0 aromatic carbocycles. The molecule has 0 saturated carbocycles. The summed E-state index contributed by atoms with van der Waals surface area (Å²) in [5.41, 5.74) is 0. The van der Waals surface area contributed by atoms with Gasteiger partial charge in [-0.1, -0.05) is 11.8 Å². The van der Waals surface area contributed by atoms with Crippen LogP contribution < -0.4 is 0 Å². The van der Waals surface area contributed by atoms with Crippen molar-refractivity contribution in [3.05, 3.63) is 0 Å². The minimum atomic E-state index is -3.26. The summed E-state index contributed by atoms with van der Waals surface area (Å²) in [7, 11) is -6.53. The first-order valence-electron chi connectivity index (χ1n) is 6.58. The minimum absolute atomic E-state index is 0.404. The summed E-state index contributed by atoms with van der Waals surface area (Å²) in [5.74, 6) is 1.91. The number of terminal acetylenes is 2. The lowest BCUT2D eigenvalue weighted by Gasteiger charge is -2.26. The normalized spacial score (nSPS) is 13.9. The molecule has 0 bridgehead atoms. The molecule has 2 unspecified atom stereocenters. The number of rotatable bonds is 9. The summed E-state index contributed by atoms with van der Waals surface area (Å²) < 4.78 is 43.5. The molecule has 0 N–H and O–H groups in total. The fourth-order valence-electron chi connectivity index (χ4n) is 1.38. The molecule has 10 heteroatoms. The van der Waals surface area contributed by atoms with Gasteiger partial charge in [-0.3, -0.25) is 9.13 Å². The Balaban J connectivity index is 5.68. The quantitative estimate of drug-likeness (QED) is 0.335. The monoisotopic (exact) mass is 378 g/mol. The van der Waals surface area contributed by atoms with Crippen molar-refractivity contribution in [2.45, 2.75) is 12.2 Å². The van der Waals surface area contributed by atoms with Crippen LogP contribution in [0, 0.1) is 24.7 Å². The van der Waals surface area contributed by atoms with Gasteiger partial charge in [0.15, 0.2) is 40.2 Å². The van der Waals surface area contributed by atoms with Crippen LogP contribution in [0.1, 0.15) is 0 Å². The van der Waals surface area contributed by atoms with Gasteiger partial charge in [-0.2, -0.15) is 0 Å². The molecule has 134 valence electrons. The second kappa shape index (κ2) is 9.67. The second-order valence-electron chi connectivity index (χ2n) is 5.18. The maximum atomic E-state index is 12.1. The van der Waals surface area contributed by atoms with Gasteiger partial charge < -0.3 is 18.5 Å². The minimum Gasteiger partial charge on any atom is -0.450 e. The van der Waals surface area contributed by atoms with Crippen molar-refractivity contribution in [3.8, 4) is 24.7 Å². The lowest BCUT2D eigenvalue weighted by atomic mass is 10.2. The van der Waals surface area contributed by atoms with E-state index in [2.05, 4.69) is 11.8 Å². The summed E-state index contributed by atoms with van der Waals surface area (Å²) in [6, 6.07) is 0. The maximum Gasteiger partial charge on any atom is 0.340 e. The molecule has 0 saturated heterocycles. The first kappa shape index (κ1) is 22.4. The van der Waals surface area contributed by atoms with Gasteiger partial charge in [0.1, 0.15) is 0 Å². The Morgan fingerprint density at radius 1 is 0.833 bits per heavy atom. The molecule has 0 fully saturated rings. The summed E-state index contributed by atoms with van der Waals surface area (Å²) in [4.78, 5) is 24.2. The molecule has 0 aromatic heterocycles. The van der Waals surface area contributed by atoms with E-state index < -0.39 is 52.1 Å². The SMILES string of the molecule is C#CCOC(=O)C(OP(C)(C)=O)C(OP(C)(C)=O)C(=O)OCC#C. The maximum absolute atomic E-state index is 12.1. The molecule has 0 rings (SSSR count). The van der Waals surface area contributed by atoms with Crippen LogP contribution in [0.15, 0.2) is 0 Å². The molecule has 0 heterocycles. The van der Waals surface area contributed by atoms with Crippen molar-refractivity contribution in [1.29, 1.82) is 0 Å². The fraction of sp³-hybridized carbons (Fsp3) is 0.571. The van der Waals surface area contributed by atoms with Crippen molar-refractivity contribution in [2.75, 3.05) is 39.9 Å². The summed E-state index contributed by atoms with van der Waals surface area (Å²) in [6.45, 7) is 4.06. The Bertz CT molecular complexity index is 574. The van der Waals surface area contributed by atoms with Gasteiger partial charge in [0.25, 0.3) is 0 Å². The van der Waals surface area contributed by atoms with Crippen LogP contribution in [-0.2, 0) is 37.2 Å². The fourth-order valence-corrected chi connectivity index (χ4v) is 2.87. The molecular weight excluding hydrogens is 358 g/mol. The van der Waals surface area contributed by atoms with E-state index in [-0.39, 0.29) is 0 Å².